The van der Waals surface area contributed by atoms with Crippen LogP contribution >= 0.6 is 11.8 Å². The van der Waals surface area contributed by atoms with Gasteiger partial charge in [0.05, 0.1) is 7.11 Å². The minimum Gasteiger partial charge on any atom is -0.497 e. The van der Waals surface area contributed by atoms with E-state index < -0.39 is 0 Å². The van der Waals surface area contributed by atoms with Crippen LogP contribution in [0.1, 0.15) is 16.8 Å². The maximum absolute atomic E-state index is 13.1. The summed E-state index contributed by atoms with van der Waals surface area (Å²) >= 11 is 1.76. The van der Waals surface area contributed by atoms with Gasteiger partial charge in [0, 0.05) is 22.7 Å². The molecule has 1 N–H and O–H groups in total. The summed E-state index contributed by atoms with van der Waals surface area (Å²) in [6.45, 7) is 0.514. The third kappa shape index (κ3) is 6.89. The van der Waals surface area contributed by atoms with E-state index in [4.69, 9.17) is 4.74 Å². The predicted molar refractivity (Wildman–Crippen MR) is 126 cm³/mol. The molecule has 3 aromatic carbocycles. The Kier molecular flexibility index (Phi) is 8.55. The molecule has 0 atom stereocenters. The van der Waals surface area contributed by atoms with Crippen LogP contribution in [0.2, 0.25) is 0 Å². The molecule has 0 bridgehead atoms. The fourth-order valence-corrected chi connectivity index (χ4v) is 3.86. The molecule has 0 spiro atoms. The van der Waals surface area contributed by atoms with E-state index in [0.717, 1.165) is 12.2 Å². The molecule has 0 radical (unpaired) electrons. The average Bonchev–Trinajstić information content (AvgIpc) is 2.83. The predicted octanol–water partition coefficient (Wildman–Crippen LogP) is 4.64. The first-order valence-corrected chi connectivity index (χ1v) is 11.1. The van der Waals surface area contributed by atoms with Crippen molar-refractivity contribution in [2.45, 2.75) is 11.3 Å². The molecular formula is C25H26N2O3S. The van der Waals surface area contributed by atoms with Crippen molar-refractivity contribution in [2.75, 3.05) is 30.9 Å². The van der Waals surface area contributed by atoms with Crippen LogP contribution in [0.25, 0.3) is 0 Å². The first-order chi connectivity index (χ1) is 15.2. The van der Waals surface area contributed by atoms with Crippen molar-refractivity contribution in [1.82, 2.24) is 5.32 Å². The van der Waals surface area contributed by atoms with Crippen LogP contribution in [-0.4, -0.2) is 37.8 Å². The first-order valence-electron chi connectivity index (χ1n) is 10.1. The number of rotatable bonds is 10. The van der Waals surface area contributed by atoms with E-state index >= 15 is 0 Å². The first kappa shape index (κ1) is 22.4. The van der Waals surface area contributed by atoms with Gasteiger partial charge in [-0.05, 0) is 60.7 Å². The number of ether oxygens (including phenoxy) is 1. The minimum absolute atomic E-state index is 0.0497. The second-order valence-electron chi connectivity index (χ2n) is 6.82. The molecule has 0 saturated carbocycles. The van der Waals surface area contributed by atoms with Gasteiger partial charge in [0.1, 0.15) is 12.3 Å². The quantitative estimate of drug-likeness (QED) is 0.373. The van der Waals surface area contributed by atoms with E-state index in [9.17, 15) is 9.59 Å². The lowest BCUT2D eigenvalue weighted by molar-refractivity contribution is -0.119. The van der Waals surface area contributed by atoms with Gasteiger partial charge in [-0.25, -0.2) is 0 Å². The number of carbonyl (C=O) groups is 2. The molecule has 0 aliphatic heterocycles. The Labute approximate surface area is 187 Å². The highest BCUT2D eigenvalue weighted by Crippen LogP contribution is 2.21. The number of hydrogen-bond acceptors (Lipinski definition) is 4. The zero-order chi connectivity index (χ0) is 21.9. The lowest BCUT2D eigenvalue weighted by atomic mass is 10.1. The van der Waals surface area contributed by atoms with Gasteiger partial charge in [-0.3, -0.25) is 14.5 Å². The van der Waals surface area contributed by atoms with Crippen LogP contribution in [0, 0.1) is 0 Å². The number of hydrogen-bond donors (Lipinski definition) is 1. The Morgan fingerprint density at radius 2 is 1.55 bits per heavy atom. The summed E-state index contributed by atoms with van der Waals surface area (Å²) in [5.74, 6) is 1.19. The van der Waals surface area contributed by atoms with E-state index in [1.54, 1.807) is 55.3 Å². The molecule has 0 saturated heterocycles. The van der Waals surface area contributed by atoms with Crippen LogP contribution in [0.3, 0.4) is 0 Å². The minimum atomic E-state index is -0.222. The maximum Gasteiger partial charge on any atom is 0.258 e. The lowest BCUT2D eigenvalue weighted by Gasteiger charge is -2.23. The summed E-state index contributed by atoms with van der Waals surface area (Å²) < 4.78 is 5.20. The van der Waals surface area contributed by atoms with Crippen molar-refractivity contribution in [2.24, 2.45) is 0 Å². The van der Waals surface area contributed by atoms with E-state index in [1.165, 1.54) is 9.80 Å². The third-order valence-electron chi connectivity index (χ3n) is 4.61. The Hall–Kier alpha value is -3.25. The summed E-state index contributed by atoms with van der Waals surface area (Å²) in [5.41, 5.74) is 1.18. The average molecular weight is 435 g/mol. The highest BCUT2D eigenvalue weighted by atomic mass is 32.2. The molecule has 160 valence electrons. The van der Waals surface area contributed by atoms with Crippen LogP contribution in [-0.2, 0) is 4.79 Å². The van der Waals surface area contributed by atoms with Gasteiger partial charge in [0.25, 0.3) is 5.91 Å². The molecule has 3 aromatic rings. The van der Waals surface area contributed by atoms with Crippen molar-refractivity contribution in [3.63, 3.8) is 0 Å². The molecular weight excluding hydrogens is 408 g/mol. The topological polar surface area (TPSA) is 58.6 Å². The summed E-state index contributed by atoms with van der Waals surface area (Å²) in [7, 11) is 1.59. The van der Waals surface area contributed by atoms with Crippen molar-refractivity contribution in [1.29, 1.82) is 0 Å². The zero-order valence-electron chi connectivity index (χ0n) is 17.5. The van der Waals surface area contributed by atoms with Gasteiger partial charge < -0.3 is 10.1 Å². The third-order valence-corrected chi connectivity index (χ3v) is 5.71. The maximum atomic E-state index is 13.1. The Morgan fingerprint density at radius 1 is 0.903 bits per heavy atom. The Balaban J connectivity index is 1.58. The summed E-state index contributed by atoms with van der Waals surface area (Å²) in [4.78, 5) is 28.4. The molecule has 0 aromatic heterocycles. The molecule has 2 amide bonds. The van der Waals surface area contributed by atoms with Crippen LogP contribution in [0.5, 0.6) is 5.75 Å². The van der Waals surface area contributed by atoms with Crippen LogP contribution in [0.4, 0.5) is 5.69 Å². The number of carbonyl (C=O) groups excluding carboxylic acids is 2. The lowest BCUT2D eigenvalue weighted by Crippen LogP contribution is -2.41. The van der Waals surface area contributed by atoms with Crippen molar-refractivity contribution in [3.8, 4) is 5.75 Å². The number of anilines is 1. The van der Waals surface area contributed by atoms with Gasteiger partial charge in [-0.2, -0.15) is 0 Å². The van der Waals surface area contributed by atoms with Crippen molar-refractivity contribution >= 4 is 29.3 Å². The molecule has 5 nitrogen and oxygen atoms in total. The molecule has 6 heteroatoms. The van der Waals surface area contributed by atoms with Gasteiger partial charge >= 0.3 is 0 Å². The van der Waals surface area contributed by atoms with Crippen molar-refractivity contribution < 1.29 is 14.3 Å². The molecule has 31 heavy (non-hydrogen) atoms. The van der Waals surface area contributed by atoms with E-state index in [2.05, 4.69) is 17.4 Å². The molecule has 0 unspecified atom stereocenters. The summed E-state index contributed by atoms with van der Waals surface area (Å²) in [5, 5.41) is 2.93. The standard InChI is InChI=1S/C25H26N2O3S/c1-30-22-15-13-21(14-16-22)27(25(29)20-9-4-2-5-10-20)19-24(28)26-17-8-18-31-23-11-6-3-7-12-23/h2-7,9-16H,8,17-19H2,1H3,(H,26,28). The van der Waals surface area contributed by atoms with E-state index in [1.807, 2.05) is 36.4 Å². The fourth-order valence-electron chi connectivity index (χ4n) is 2.99. The zero-order valence-corrected chi connectivity index (χ0v) is 18.3. The Morgan fingerprint density at radius 3 is 2.19 bits per heavy atom. The number of amides is 2. The molecule has 0 aliphatic carbocycles. The Bertz CT molecular complexity index is 963. The van der Waals surface area contributed by atoms with Crippen molar-refractivity contribution in [3.05, 3.63) is 90.5 Å². The number of benzene rings is 3. The number of nitrogens with zero attached hydrogens (tertiary/aromatic N) is 1. The largest absolute Gasteiger partial charge is 0.497 e. The van der Waals surface area contributed by atoms with Gasteiger partial charge in [0.15, 0.2) is 0 Å². The highest BCUT2D eigenvalue weighted by molar-refractivity contribution is 7.99. The number of nitrogens with one attached hydrogen (secondary N) is 1. The van der Waals surface area contributed by atoms with E-state index in [-0.39, 0.29) is 18.4 Å². The smallest absolute Gasteiger partial charge is 0.258 e. The number of methoxy groups -OCH3 is 1. The number of thioether (sulfide) groups is 1. The molecule has 0 aliphatic rings. The second-order valence-corrected chi connectivity index (χ2v) is 7.99. The molecule has 3 rings (SSSR count). The van der Waals surface area contributed by atoms with Gasteiger partial charge in [0.2, 0.25) is 5.91 Å². The second kappa shape index (κ2) is 11.8. The van der Waals surface area contributed by atoms with Crippen LogP contribution in [0.15, 0.2) is 89.8 Å². The SMILES string of the molecule is COc1ccc(N(CC(=O)NCCCSc2ccccc2)C(=O)c2ccccc2)cc1. The summed E-state index contributed by atoms with van der Waals surface area (Å²) in [6, 6.07) is 26.3. The fraction of sp³-hybridized carbons (Fsp3) is 0.200. The molecule has 0 heterocycles. The highest BCUT2D eigenvalue weighted by Gasteiger charge is 2.20. The molecule has 0 fully saturated rings. The van der Waals surface area contributed by atoms with Crippen LogP contribution < -0.4 is 15.0 Å². The summed E-state index contributed by atoms with van der Waals surface area (Å²) in [6.07, 6.45) is 0.848. The normalized spacial score (nSPS) is 10.4. The van der Waals surface area contributed by atoms with E-state index in [0.29, 0.717) is 23.5 Å². The van der Waals surface area contributed by atoms with Gasteiger partial charge in [-0.15, -0.1) is 11.8 Å². The monoisotopic (exact) mass is 434 g/mol. The van der Waals surface area contributed by atoms with Gasteiger partial charge in [-0.1, -0.05) is 36.4 Å².